The van der Waals surface area contributed by atoms with Crippen molar-refractivity contribution >= 4 is 23.6 Å². The van der Waals surface area contributed by atoms with E-state index in [1.54, 1.807) is 4.90 Å². The molecule has 1 saturated carbocycles. The molecule has 0 spiro atoms. The summed E-state index contributed by atoms with van der Waals surface area (Å²) < 4.78 is 0. The normalized spacial score (nSPS) is 16.5. The van der Waals surface area contributed by atoms with Crippen LogP contribution in [0.5, 0.6) is 0 Å². The maximum atomic E-state index is 12.0. The molecule has 1 aliphatic rings. The van der Waals surface area contributed by atoms with Crippen molar-refractivity contribution in [1.82, 2.24) is 4.90 Å². The molecule has 0 aromatic rings. The van der Waals surface area contributed by atoms with Crippen LogP contribution in [0.3, 0.4) is 0 Å². The number of aliphatic carboxylic acids is 1. The number of aliphatic hydroxyl groups is 1. The lowest BCUT2D eigenvalue weighted by atomic mass is 9.94. The van der Waals surface area contributed by atoms with Gasteiger partial charge in [-0.05, 0) is 12.8 Å². The van der Waals surface area contributed by atoms with Crippen LogP contribution < -0.4 is 0 Å². The van der Waals surface area contributed by atoms with Crippen LogP contribution in [0.25, 0.3) is 0 Å². The van der Waals surface area contributed by atoms with E-state index in [0.29, 0.717) is 6.54 Å². The van der Waals surface area contributed by atoms with E-state index in [1.807, 2.05) is 0 Å². The van der Waals surface area contributed by atoms with Crippen LogP contribution in [0, 0.1) is 0 Å². The van der Waals surface area contributed by atoms with Crippen molar-refractivity contribution in [3.05, 3.63) is 0 Å². The molecule has 1 fully saturated rings. The minimum Gasteiger partial charge on any atom is -0.481 e. The Morgan fingerprint density at radius 1 is 1.17 bits per heavy atom. The maximum Gasteiger partial charge on any atom is 0.313 e. The molecule has 104 valence electrons. The number of nitrogens with zero attached hydrogens (tertiary/aromatic N) is 1. The van der Waals surface area contributed by atoms with Crippen molar-refractivity contribution in [2.75, 3.05) is 24.7 Å². The molecule has 1 amide bonds. The van der Waals surface area contributed by atoms with Crippen LogP contribution in [0.15, 0.2) is 0 Å². The molecule has 1 aliphatic carbocycles. The number of aliphatic hydroxyl groups excluding tert-OH is 1. The molecular weight excluding hydrogens is 254 g/mol. The van der Waals surface area contributed by atoms with Crippen molar-refractivity contribution in [3.8, 4) is 0 Å². The Morgan fingerprint density at radius 2 is 1.83 bits per heavy atom. The second-order valence-electron chi connectivity index (χ2n) is 4.49. The highest BCUT2D eigenvalue weighted by Crippen LogP contribution is 2.23. The number of hydrogen-bond acceptors (Lipinski definition) is 4. The molecule has 1 rings (SSSR count). The smallest absolute Gasteiger partial charge is 0.313 e. The van der Waals surface area contributed by atoms with E-state index in [4.69, 9.17) is 10.2 Å². The number of carboxylic acid groups (broad SMARTS) is 1. The van der Waals surface area contributed by atoms with Gasteiger partial charge in [0.25, 0.3) is 0 Å². The Kier molecular flexibility index (Phi) is 7.12. The van der Waals surface area contributed by atoms with Gasteiger partial charge in [0.05, 0.1) is 18.1 Å². The first-order chi connectivity index (χ1) is 8.65. The highest BCUT2D eigenvalue weighted by Gasteiger charge is 2.24. The minimum absolute atomic E-state index is 0.0359. The Morgan fingerprint density at radius 3 is 2.39 bits per heavy atom. The largest absolute Gasteiger partial charge is 0.481 e. The Bertz CT molecular complexity index is 279. The number of carbonyl (C=O) groups excluding carboxylic acids is 1. The first-order valence-corrected chi connectivity index (χ1v) is 7.50. The topological polar surface area (TPSA) is 77.8 Å². The summed E-state index contributed by atoms with van der Waals surface area (Å²) in [5.74, 6) is -0.826. The van der Waals surface area contributed by atoms with Gasteiger partial charge in [0, 0.05) is 12.6 Å². The molecule has 0 aromatic carbocycles. The molecule has 18 heavy (non-hydrogen) atoms. The van der Waals surface area contributed by atoms with Gasteiger partial charge >= 0.3 is 5.97 Å². The highest BCUT2D eigenvalue weighted by atomic mass is 32.2. The summed E-state index contributed by atoms with van der Waals surface area (Å²) >= 11 is 1.12. The lowest BCUT2D eigenvalue weighted by molar-refractivity contribution is -0.133. The quantitative estimate of drug-likeness (QED) is 0.723. The molecule has 0 bridgehead atoms. The van der Waals surface area contributed by atoms with Crippen molar-refractivity contribution in [2.24, 2.45) is 0 Å². The predicted octanol–water partition coefficient (Wildman–Crippen LogP) is 0.958. The lowest BCUT2D eigenvalue weighted by Gasteiger charge is -2.34. The first-order valence-electron chi connectivity index (χ1n) is 6.35. The van der Waals surface area contributed by atoms with Crippen LogP contribution in [0.2, 0.25) is 0 Å². The summed E-state index contributed by atoms with van der Waals surface area (Å²) in [6.07, 6.45) is 5.46. The number of carbonyl (C=O) groups is 2. The maximum absolute atomic E-state index is 12.0. The SMILES string of the molecule is O=C(O)CSCC(=O)N(CCO)C1CCCCC1. The molecule has 0 aliphatic heterocycles. The zero-order valence-corrected chi connectivity index (χ0v) is 11.3. The van der Waals surface area contributed by atoms with Gasteiger partial charge in [-0.1, -0.05) is 19.3 Å². The summed E-state index contributed by atoms with van der Waals surface area (Å²) in [5, 5.41) is 17.6. The molecule has 0 heterocycles. The molecule has 0 radical (unpaired) electrons. The third kappa shape index (κ3) is 5.27. The number of amides is 1. The van der Waals surface area contributed by atoms with Crippen molar-refractivity contribution in [2.45, 2.75) is 38.1 Å². The number of carboxylic acids is 1. The van der Waals surface area contributed by atoms with E-state index in [1.165, 1.54) is 6.42 Å². The molecule has 5 nitrogen and oxygen atoms in total. The van der Waals surface area contributed by atoms with E-state index in [-0.39, 0.29) is 30.1 Å². The average molecular weight is 275 g/mol. The van der Waals surface area contributed by atoms with Crippen molar-refractivity contribution in [1.29, 1.82) is 0 Å². The van der Waals surface area contributed by atoms with Gasteiger partial charge in [0.15, 0.2) is 0 Å². The van der Waals surface area contributed by atoms with E-state index in [9.17, 15) is 9.59 Å². The van der Waals surface area contributed by atoms with Gasteiger partial charge in [-0.3, -0.25) is 9.59 Å². The van der Waals surface area contributed by atoms with E-state index >= 15 is 0 Å². The third-order valence-electron chi connectivity index (χ3n) is 3.13. The zero-order chi connectivity index (χ0) is 13.4. The molecular formula is C12H21NO4S. The Balaban J connectivity index is 2.43. The van der Waals surface area contributed by atoms with Crippen molar-refractivity contribution in [3.63, 3.8) is 0 Å². The number of rotatable bonds is 7. The lowest BCUT2D eigenvalue weighted by Crippen LogP contribution is -2.44. The Hall–Kier alpha value is -0.750. The first kappa shape index (κ1) is 15.3. The van der Waals surface area contributed by atoms with Gasteiger partial charge in [-0.15, -0.1) is 11.8 Å². The van der Waals surface area contributed by atoms with Gasteiger partial charge < -0.3 is 15.1 Å². The molecule has 0 saturated heterocycles. The second kappa shape index (κ2) is 8.37. The molecule has 0 atom stereocenters. The summed E-state index contributed by atoms with van der Waals surface area (Å²) in [5.41, 5.74) is 0. The predicted molar refractivity (Wildman–Crippen MR) is 70.6 cm³/mol. The van der Waals surface area contributed by atoms with Crippen LogP contribution in [0.1, 0.15) is 32.1 Å². The third-order valence-corrected chi connectivity index (χ3v) is 4.03. The average Bonchev–Trinajstić information content (AvgIpc) is 2.36. The van der Waals surface area contributed by atoms with Crippen LogP contribution >= 0.6 is 11.8 Å². The fourth-order valence-electron chi connectivity index (χ4n) is 2.32. The summed E-state index contributed by atoms with van der Waals surface area (Å²) in [6, 6.07) is 0.226. The standard InChI is InChI=1S/C12H21NO4S/c14-7-6-13(10-4-2-1-3-5-10)11(15)8-18-9-12(16)17/h10,14H,1-9H2,(H,16,17). The van der Waals surface area contributed by atoms with Crippen molar-refractivity contribution < 1.29 is 19.8 Å². The molecule has 6 heteroatoms. The fourth-order valence-corrected chi connectivity index (χ4v) is 2.94. The number of hydrogen-bond donors (Lipinski definition) is 2. The highest BCUT2D eigenvalue weighted by molar-refractivity contribution is 8.00. The molecule has 2 N–H and O–H groups in total. The molecule has 0 aromatic heterocycles. The summed E-state index contributed by atoms with van der Waals surface area (Å²) in [4.78, 5) is 24.1. The summed E-state index contributed by atoms with van der Waals surface area (Å²) in [6.45, 7) is 0.322. The summed E-state index contributed by atoms with van der Waals surface area (Å²) in [7, 11) is 0. The van der Waals surface area contributed by atoms with Gasteiger partial charge in [-0.25, -0.2) is 0 Å². The van der Waals surface area contributed by atoms with Crippen LogP contribution in [-0.2, 0) is 9.59 Å². The van der Waals surface area contributed by atoms with E-state index < -0.39 is 5.97 Å². The number of thioether (sulfide) groups is 1. The van der Waals surface area contributed by atoms with Gasteiger partial charge in [0.2, 0.25) is 5.91 Å². The van der Waals surface area contributed by atoms with Gasteiger partial charge in [-0.2, -0.15) is 0 Å². The zero-order valence-electron chi connectivity index (χ0n) is 10.5. The Labute approximate surface area is 112 Å². The van der Waals surface area contributed by atoms with Crippen LogP contribution in [-0.4, -0.2) is 57.7 Å². The second-order valence-corrected chi connectivity index (χ2v) is 5.47. The van der Waals surface area contributed by atoms with E-state index in [2.05, 4.69) is 0 Å². The van der Waals surface area contributed by atoms with Gasteiger partial charge in [0.1, 0.15) is 0 Å². The fraction of sp³-hybridized carbons (Fsp3) is 0.833. The minimum atomic E-state index is -0.904. The molecule has 0 unspecified atom stereocenters. The van der Waals surface area contributed by atoms with E-state index in [0.717, 1.165) is 37.4 Å². The monoisotopic (exact) mass is 275 g/mol. The van der Waals surface area contributed by atoms with Crippen LogP contribution in [0.4, 0.5) is 0 Å².